The Kier molecular flexibility index (Phi) is 7.43. The minimum atomic E-state index is -1.12. The Bertz CT molecular complexity index is 299. The number of unbranched alkanes of at least 4 members (excludes halogenated alkanes) is 2. The fourth-order valence-electron chi connectivity index (χ4n) is 2.65. The van der Waals surface area contributed by atoms with Crippen LogP contribution in [0.1, 0.15) is 39.5 Å². The fourth-order valence-corrected chi connectivity index (χ4v) is 2.65. The molecule has 1 rings (SSSR count). The van der Waals surface area contributed by atoms with E-state index in [1.807, 2.05) is 0 Å². The van der Waals surface area contributed by atoms with Crippen molar-refractivity contribution in [2.24, 2.45) is 5.92 Å². The summed E-state index contributed by atoms with van der Waals surface area (Å²) in [7, 11) is 0. The molecule has 118 valence electrons. The summed E-state index contributed by atoms with van der Waals surface area (Å²) in [5.41, 5.74) is 0. The van der Waals surface area contributed by atoms with Crippen LogP contribution in [0.5, 0.6) is 0 Å². The highest BCUT2D eigenvalue weighted by atomic mass is 16.5. The molecule has 0 saturated heterocycles. The van der Waals surface area contributed by atoms with Crippen molar-refractivity contribution < 1.29 is 24.9 Å². The van der Waals surface area contributed by atoms with Gasteiger partial charge in [-0.25, -0.2) is 0 Å². The van der Waals surface area contributed by atoms with E-state index in [-0.39, 0.29) is 18.6 Å². The van der Waals surface area contributed by atoms with Gasteiger partial charge in [0, 0.05) is 26.1 Å². The third kappa shape index (κ3) is 4.70. The first-order valence-electron chi connectivity index (χ1n) is 7.36. The van der Waals surface area contributed by atoms with Crippen molar-refractivity contribution in [3.63, 3.8) is 0 Å². The number of carbonyl (C=O) groups excluding carboxylic acids is 1. The first-order valence-corrected chi connectivity index (χ1v) is 7.36. The topological polar surface area (TPSA) is 99.0 Å². The van der Waals surface area contributed by atoms with Crippen molar-refractivity contribution in [2.45, 2.75) is 63.9 Å². The van der Waals surface area contributed by atoms with Gasteiger partial charge in [-0.15, -0.1) is 0 Å². The number of amides is 1. The summed E-state index contributed by atoms with van der Waals surface area (Å²) in [6, 6.07) is -0.632. The first kappa shape index (κ1) is 17.4. The third-order valence-corrected chi connectivity index (χ3v) is 3.82. The van der Waals surface area contributed by atoms with Gasteiger partial charge >= 0.3 is 0 Å². The molecule has 0 spiro atoms. The third-order valence-electron chi connectivity index (χ3n) is 3.82. The number of rotatable bonds is 7. The van der Waals surface area contributed by atoms with Gasteiger partial charge in [-0.05, 0) is 12.8 Å². The smallest absolute Gasteiger partial charge is 0.217 e. The highest BCUT2D eigenvalue weighted by Crippen LogP contribution is 2.28. The molecule has 1 fully saturated rings. The molecule has 0 aromatic heterocycles. The predicted molar refractivity (Wildman–Crippen MR) is 74.1 cm³/mol. The Balaban J connectivity index is 2.65. The molecule has 0 radical (unpaired) electrons. The summed E-state index contributed by atoms with van der Waals surface area (Å²) in [6.07, 6.45) is 0.934. The molecule has 20 heavy (non-hydrogen) atoms. The summed E-state index contributed by atoms with van der Waals surface area (Å²) in [5, 5.41) is 31.9. The summed E-state index contributed by atoms with van der Waals surface area (Å²) in [5.74, 6) is -0.697. The highest BCUT2D eigenvalue weighted by molar-refractivity contribution is 5.73. The zero-order chi connectivity index (χ0) is 15.1. The van der Waals surface area contributed by atoms with E-state index < -0.39 is 24.2 Å². The number of aliphatic hydroxyl groups is 3. The molecular formula is C14H27NO5. The zero-order valence-electron chi connectivity index (χ0n) is 12.3. The van der Waals surface area contributed by atoms with Crippen molar-refractivity contribution in [1.29, 1.82) is 0 Å². The number of hydrogen-bond donors (Lipinski definition) is 4. The van der Waals surface area contributed by atoms with Gasteiger partial charge in [0.1, 0.15) is 6.10 Å². The number of carbonyl (C=O) groups is 1. The van der Waals surface area contributed by atoms with Crippen LogP contribution in [0.15, 0.2) is 0 Å². The molecular weight excluding hydrogens is 262 g/mol. The molecule has 4 N–H and O–H groups in total. The van der Waals surface area contributed by atoms with Gasteiger partial charge in [0.2, 0.25) is 5.91 Å². The maximum absolute atomic E-state index is 11.2. The molecule has 6 nitrogen and oxygen atoms in total. The van der Waals surface area contributed by atoms with Crippen molar-refractivity contribution in [2.75, 3.05) is 13.2 Å². The van der Waals surface area contributed by atoms with Gasteiger partial charge in [-0.1, -0.05) is 19.8 Å². The first-order chi connectivity index (χ1) is 9.51. The second kappa shape index (κ2) is 8.56. The summed E-state index contributed by atoms with van der Waals surface area (Å²) in [6.45, 7) is 3.81. The number of aliphatic hydroxyl groups excluding tert-OH is 3. The van der Waals surface area contributed by atoms with Crippen molar-refractivity contribution in [3.05, 3.63) is 0 Å². The van der Waals surface area contributed by atoms with Crippen molar-refractivity contribution in [3.8, 4) is 0 Å². The average molecular weight is 289 g/mol. The molecule has 1 amide bonds. The number of nitrogens with one attached hydrogen (secondary N) is 1. The molecule has 5 atom stereocenters. The van der Waals surface area contributed by atoms with Crippen molar-refractivity contribution in [1.82, 2.24) is 5.32 Å². The largest absolute Gasteiger partial charge is 0.396 e. The normalized spacial score (nSPS) is 34.0. The Morgan fingerprint density at radius 3 is 2.55 bits per heavy atom. The molecule has 0 aliphatic heterocycles. The lowest BCUT2D eigenvalue weighted by molar-refractivity contribution is -0.142. The van der Waals surface area contributed by atoms with Crippen LogP contribution in [-0.2, 0) is 9.53 Å². The van der Waals surface area contributed by atoms with E-state index in [2.05, 4.69) is 12.2 Å². The van der Waals surface area contributed by atoms with Crippen LogP contribution in [0.3, 0.4) is 0 Å². The standard InChI is InChI=1S/C14H27NO5/c1-3-4-5-6-20-11-7-10(8-16)13(18)14(19)12(11)15-9(2)17/h10-14,16,18-19H,3-8H2,1-2H3,(H,15,17)/t10?,11-,12?,13+,14?/m1/s1. The monoisotopic (exact) mass is 289 g/mol. The van der Waals surface area contributed by atoms with Gasteiger partial charge in [-0.3, -0.25) is 4.79 Å². The molecule has 1 saturated carbocycles. The second-order valence-corrected chi connectivity index (χ2v) is 5.50. The Labute approximate surface area is 120 Å². The summed E-state index contributed by atoms with van der Waals surface area (Å²) in [4.78, 5) is 11.2. The average Bonchev–Trinajstić information content (AvgIpc) is 2.41. The van der Waals surface area contributed by atoms with Crippen LogP contribution in [0, 0.1) is 5.92 Å². The maximum Gasteiger partial charge on any atom is 0.217 e. The van der Waals surface area contributed by atoms with Gasteiger partial charge in [0.15, 0.2) is 0 Å². The summed E-state index contributed by atoms with van der Waals surface area (Å²) < 4.78 is 5.75. The molecule has 0 aromatic carbocycles. The van der Waals surface area contributed by atoms with Gasteiger partial charge < -0.3 is 25.4 Å². The molecule has 0 bridgehead atoms. The highest BCUT2D eigenvalue weighted by Gasteiger charge is 2.44. The van der Waals surface area contributed by atoms with E-state index in [0.29, 0.717) is 13.0 Å². The number of ether oxygens (including phenoxy) is 1. The van der Waals surface area contributed by atoms with Gasteiger partial charge in [-0.2, -0.15) is 0 Å². The lowest BCUT2D eigenvalue weighted by Crippen LogP contribution is -2.61. The van der Waals surface area contributed by atoms with E-state index in [1.54, 1.807) is 0 Å². The quantitative estimate of drug-likeness (QED) is 0.487. The van der Waals surface area contributed by atoms with Gasteiger partial charge in [0.05, 0.1) is 18.2 Å². The predicted octanol–water partition coefficient (Wildman–Crippen LogP) is -0.200. The summed E-state index contributed by atoms with van der Waals surface area (Å²) >= 11 is 0. The Morgan fingerprint density at radius 2 is 2.00 bits per heavy atom. The van der Waals surface area contributed by atoms with E-state index in [1.165, 1.54) is 6.92 Å². The van der Waals surface area contributed by atoms with E-state index in [0.717, 1.165) is 19.3 Å². The lowest BCUT2D eigenvalue weighted by Gasteiger charge is -2.42. The van der Waals surface area contributed by atoms with Crippen LogP contribution in [0.2, 0.25) is 0 Å². The molecule has 3 unspecified atom stereocenters. The van der Waals surface area contributed by atoms with E-state index in [9.17, 15) is 20.1 Å². The van der Waals surface area contributed by atoms with Crippen molar-refractivity contribution >= 4 is 5.91 Å². The fraction of sp³-hybridized carbons (Fsp3) is 0.929. The Hall–Kier alpha value is -0.690. The molecule has 1 aliphatic rings. The Morgan fingerprint density at radius 1 is 1.30 bits per heavy atom. The van der Waals surface area contributed by atoms with Crippen LogP contribution < -0.4 is 5.32 Å². The molecule has 1 aliphatic carbocycles. The van der Waals surface area contributed by atoms with Crippen LogP contribution >= 0.6 is 0 Å². The molecule has 0 heterocycles. The van der Waals surface area contributed by atoms with Gasteiger partial charge in [0.25, 0.3) is 0 Å². The molecule has 6 heteroatoms. The van der Waals surface area contributed by atoms with Crippen LogP contribution in [0.25, 0.3) is 0 Å². The van der Waals surface area contributed by atoms with E-state index >= 15 is 0 Å². The minimum absolute atomic E-state index is 0.208. The SMILES string of the molecule is CCCCCO[C@@H]1CC(CO)[C@H](O)C(O)C1NC(C)=O. The minimum Gasteiger partial charge on any atom is -0.396 e. The maximum atomic E-state index is 11.2. The number of hydrogen-bond acceptors (Lipinski definition) is 5. The van der Waals surface area contributed by atoms with Crippen LogP contribution in [-0.4, -0.2) is 58.8 Å². The van der Waals surface area contributed by atoms with Crippen LogP contribution in [0.4, 0.5) is 0 Å². The zero-order valence-corrected chi connectivity index (χ0v) is 12.3. The second-order valence-electron chi connectivity index (χ2n) is 5.50. The lowest BCUT2D eigenvalue weighted by atomic mass is 9.79. The van der Waals surface area contributed by atoms with E-state index in [4.69, 9.17) is 4.74 Å². The molecule has 0 aromatic rings.